The van der Waals surface area contributed by atoms with E-state index in [1.54, 1.807) is 22.7 Å². The maximum absolute atomic E-state index is 13.5. The molecule has 0 aliphatic rings. The molecule has 0 aliphatic carbocycles. The predicted molar refractivity (Wildman–Crippen MR) is 186 cm³/mol. The Morgan fingerprint density at radius 2 is 1.25 bits per heavy atom. The van der Waals surface area contributed by atoms with E-state index in [1.807, 2.05) is 48.2 Å². The van der Waals surface area contributed by atoms with E-state index in [9.17, 15) is 4.79 Å². The van der Waals surface area contributed by atoms with Crippen LogP contribution in [0.15, 0.2) is 120 Å². The van der Waals surface area contributed by atoms with E-state index in [0.29, 0.717) is 25.4 Å². The smallest absolute Gasteiger partial charge is 0.319 e. The summed E-state index contributed by atoms with van der Waals surface area (Å²) in [5, 5.41) is 9.08. The summed E-state index contributed by atoms with van der Waals surface area (Å²) in [5.74, 6) is 1.22. The monoisotopic (exact) mass is 618 g/mol. The second kappa shape index (κ2) is 14.1. The van der Waals surface area contributed by atoms with Crippen LogP contribution in [0.5, 0.6) is 5.75 Å². The van der Waals surface area contributed by atoms with Crippen molar-refractivity contribution in [1.29, 1.82) is 0 Å². The standard InChI is InChI=1S/C38H38N2O2S2/c1-39(23-21-31(36-19-9-25-43-36)27-30-15-7-13-28-11-3-5-16-32(28)30)38(41)40(2)24-22-35(37-20-10-26-44-37)42-34-18-8-14-29-12-4-6-17-33(29)34/h3-20,25-26,31,35H,21-24,27H2,1-2H3/t31-,35-/m0/s1. The average Bonchev–Trinajstić information content (AvgIpc) is 3.80. The van der Waals surface area contributed by atoms with E-state index >= 15 is 0 Å². The summed E-state index contributed by atoms with van der Waals surface area (Å²) in [5.41, 5.74) is 1.36. The average molecular weight is 619 g/mol. The molecule has 224 valence electrons. The van der Waals surface area contributed by atoms with E-state index < -0.39 is 0 Å². The zero-order valence-electron chi connectivity index (χ0n) is 25.3. The van der Waals surface area contributed by atoms with Crippen LogP contribution in [-0.2, 0) is 6.42 Å². The number of hydrogen-bond donors (Lipinski definition) is 0. The molecule has 0 spiro atoms. The SMILES string of the molecule is CN(CC[C@@H](Cc1cccc2ccccc12)c1cccs1)C(=O)N(C)CC[C@H](Oc1cccc2ccccc12)c1cccs1. The van der Waals surface area contributed by atoms with Crippen molar-refractivity contribution in [2.45, 2.75) is 31.3 Å². The first-order chi connectivity index (χ1) is 21.6. The summed E-state index contributed by atoms with van der Waals surface area (Å²) in [7, 11) is 3.82. The van der Waals surface area contributed by atoms with Crippen molar-refractivity contribution >= 4 is 50.2 Å². The highest BCUT2D eigenvalue weighted by Crippen LogP contribution is 2.34. The number of carbonyl (C=O) groups is 1. The van der Waals surface area contributed by atoms with Crippen molar-refractivity contribution in [3.63, 3.8) is 0 Å². The fourth-order valence-corrected chi connectivity index (χ4v) is 7.59. The number of amides is 2. The van der Waals surface area contributed by atoms with Gasteiger partial charge in [0.2, 0.25) is 0 Å². The first kappa shape index (κ1) is 29.9. The zero-order valence-corrected chi connectivity index (χ0v) is 26.9. The van der Waals surface area contributed by atoms with Gasteiger partial charge in [-0.25, -0.2) is 4.79 Å². The summed E-state index contributed by atoms with van der Waals surface area (Å²) in [6.07, 6.45) is 2.43. The van der Waals surface area contributed by atoms with Crippen LogP contribution in [0.1, 0.15) is 40.2 Å². The molecule has 6 aromatic rings. The first-order valence-electron chi connectivity index (χ1n) is 15.2. The van der Waals surface area contributed by atoms with Gasteiger partial charge in [0.15, 0.2) is 0 Å². The molecule has 0 N–H and O–H groups in total. The number of nitrogens with zero attached hydrogens (tertiary/aromatic N) is 2. The third-order valence-corrected chi connectivity index (χ3v) is 10.4. The first-order valence-corrected chi connectivity index (χ1v) is 17.0. The van der Waals surface area contributed by atoms with Crippen LogP contribution in [0.3, 0.4) is 0 Å². The fourth-order valence-electron chi connectivity index (χ4n) is 5.93. The minimum atomic E-state index is -0.134. The molecular weight excluding hydrogens is 581 g/mol. The molecule has 0 bridgehead atoms. The molecule has 6 heteroatoms. The number of thiophene rings is 2. The zero-order chi connectivity index (χ0) is 30.3. The molecule has 2 heterocycles. The lowest BCUT2D eigenvalue weighted by Crippen LogP contribution is -2.40. The van der Waals surface area contributed by atoms with E-state index in [0.717, 1.165) is 29.4 Å². The van der Waals surface area contributed by atoms with E-state index in [2.05, 4.69) is 95.7 Å². The number of carbonyl (C=O) groups excluding carboxylic acids is 1. The molecular formula is C38H38N2O2S2. The van der Waals surface area contributed by atoms with Gasteiger partial charge in [-0.05, 0) is 69.4 Å². The molecule has 0 fully saturated rings. The van der Waals surface area contributed by atoms with Crippen molar-refractivity contribution in [2.24, 2.45) is 0 Å². The van der Waals surface area contributed by atoms with Gasteiger partial charge in [0.1, 0.15) is 11.9 Å². The molecule has 2 aromatic heterocycles. The lowest BCUT2D eigenvalue weighted by atomic mass is 9.91. The quantitative estimate of drug-likeness (QED) is 0.137. The molecule has 6 rings (SSSR count). The maximum Gasteiger partial charge on any atom is 0.319 e. The van der Waals surface area contributed by atoms with Gasteiger partial charge < -0.3 is 14.5 Å². The summed E-state index contributed by atoms with van der Waals surface area (Å²) >= 11 is 3.50. The highest BCUT2D eigenvalue weighted by molar-refractivity contribution is 7.10. The lowest BCUT2D eigenvalue weighted by Gasteiger charge is -2.28. The van der Waals surface area contributed by atoms with Crippen LogP contribution in [0.2, 0.25) is 0 Å². The minimum absolute atomic E-state index is 0.0372. The number of hydrogen-bond acceptors (Lipinski definition) is 4. The summed E-state index contributed by atoms with van der Waals surface area (Å²) in [4.78, 5) is 19.8. The van der Waals surface area contributed by atoms with Gasteiger partial charge in [0, 0.05) is 48.7 Å². The molecule has 0 unspecified atom stereocenters. The molecule has 44 heavy (non-hydrogen) atoms. The molecule has 0 aliphatic heterocycles. The predicted octanol–water partition coefficient (Wildman–Crippen LogP) is 10.0. The third-order valence-electron chi connectivity index (χ3n) is 8.36. The molecule has 0 radical (unpaired) electrons. The van der Waals surface area contributed by atoms with Crippen molar-refractivity contribution in [3.8, 4) is 5.75 Å². The van der Waals surface area contributed by atoms with Crippen LogP contribution in [0.4, 0.5) is 4.79 Å². The summed E-state index contributed by atoms with van der Waals surface area (Å²) < 4.78 is 6.63. The molecule has 0 saturated heterocycles. The van der Waals surface area contributed by atoms with Crippen molar-refractivity contribution in [1.82, 2.24) is 9.80 Å². The van der Waals surface area contributed by atoms with Gasteiger partial charge in [0.05, 0.1) is 0 Å². The maximum atomic E-state index is 13.5. The van der Waals surface area contributed by atoms with Gasteiger partial charge in [0.25, 0.3) is 0 Å². The van der Waals surface area contributed by atoms with Crippen LogP contribution in [-0.4, -0.2) is 43.0 Å². The van der Waals surface area contributed by atoms with Crippen LogP contribution < -0.4 is 4.74 Å². The van der Waals surface area contributed by atoms with E-state index in [4.69, 9.17) is 4.74 Å². The highest BCUT2D eigenvalue weighted by atomic mass is 32.1. The van der Waals surface area contributed by atoms with Crippen LogP contribution >= 0.6 is 22.7 Å². The summed E-state index contributed by atoms with van der Waals surface area (Å²) in [6.45, 7) is 1.29. The normalized spacial score (nSPS) is 12.7. The van der Waals surface area contributed by atoms with Gasteiger partial charge in [-0.15, -0.1) is 22.7 Å². The van der Waals surface area contributed by atoms with Gasteiger partial charge >= 0.3 is 6.03 Å². The Kier molecular flexibility index (Phi) is 9.59. The number of urea groups is 1. The highest BCUT2D eigenvalue weighted by Gasteiger charge is 2.22. The Bertz CT molecular complexity index is 1660. The Balaban J connectivity index is 1.09. The van der Waals surface area contributed by atoms with Gasteiger partial charge in [-0.1, -0.05) is 91.0 Å². The second-order valence-corrected chi connectivity index (χ2v) is 13.3. The molecule has 4 aromatic carbocycles. The van der Waals surface area contributed by atoms with Crippen molar-refractivity contribution in [3.05, 3.63) is 135 Å². The van der Waals surface area contributed by atoms with Gasteiger partial charge in [-0.2, -0.15) is 0 Å². The van der Waals surface area contributed by atoms with Crippen molar-refractivity contribution in [2.75, 3.05) is 27.2 Å². The minimum Gasteiger partial charge on any atom is -0.484 e. The molecule has 0 saturated carbocycles. The largest absolute Gasteiger partial charge is 0.484 e. The second-order valence-electron chi connectivity index (χ2n) is 11.4. The van der Waals surface area contributed by atoms with Crippen LogP contribution in [0, 0.1) is 0 Å². The number of rotatable bonds is 12. The molecule has 2 atom stereocenters. The Labute approximate surface area is 268 Å². The fraction of sp³-hybridized carbons (Fsp3) is 0.237. The Morgan fingerprint density at radius 3 is 1.95 bits per heavy atom. The molecule has 2 amide bonds. The van der Waals surface area contributed by atoms with E-state index in [1.165, 1.54) is 26.1 Å². The molecule has 4 nitrogen and oxygen atoms in total. The Morgan fingerprint density at radius 1 is 0.659 bits per heavy atom. The van der Waals surface area contributed by atoms with Gasteiger partial charge in [-0.3, -0.25) is 0 Å². The van der Waals surface area contributed by atoms with Crippen molar-refractivity contribution < 1.29 is 9.53 Å². The number of ether oxygens (including phenoxy) is 1. The topological polar surface area (TPSA) is 32.8 Å². The third kappa shape index (κ3) is 6.98. The Hall–Kier alpha value is -4.13. The van der Waals surface area contributed by atoms with Crippen LogP contribution in [0.25, 0.3) is 21.5 Å². The number of benzene rings is 4. The van der Waals surface area contributed by atoms with E-state index in [-0.39, 0.29) is 12.1 Å². The summed E-state index contributed by atoms with van der Waals surface area (Å²) in [6, 6.07) is 38.2. The number of fused-ring (bicyclic) bond motifs is 2. The lowest BCUT2D eigenvalue weighted by molar-refractivity contribution is 0.153.